The number of nitrogens with one attached hydrogen (secondary N) is 2. The van der Waals surface area contributed by atoms with Crippen molar-refractivity contribution in [3.05, 3.63) is 82.7 Å². The molecule has 0 atom stereocenters. The molecule has 1 heterocycles. The van der Waals surface area contributed by atoms with E-state index < -0.39 is 0 Å². The number of nitriles is 1. The van der Waals surface area contributed by atoms with Crippen LogP contribution in [0, 0.1) is 32.1 Å². The van der Waals surface area contributed by atoms with Gasteiger partial charge in [-0.15, -0.1) is 0 Å². The Morgan fingerprint density at radius 3 is 2.44 bits per heavy atom. The van der Waals surface area contributed by atoms with Gasteiger partial charge in [0, 0.05) is 23.3 Å². The lowest BCUT2D eigenvalue weighted by molar-refractivity contribution is 0.102. The van der Waals surface area contributed by atoms with Crippen LogP contribution in [0.1, 0.15) is 32.7 Å². The van der Waals surface area contributed by atoms with Crippen molar-refractivity contribution in [2.75, 3.05) is 10.6 Å². The summed E-state index contributed by atoms with van der Waals surface area (Å²) in [7, 11) is 0. The highest BCUT2D eigenvalue weighted by Gasteiger charge is 2.10. The number of amides is 1. The molecule has 0 aliphatic heterocycles. The Hall–Kier alpha value is -3.65. The Labute approximate surface area is 158 Å². The number of hydrogen-bond acceptors (Lipinski definition) is 4. The van der Waals surface area contributed by atoms with Crippen molar-refractivity contribution in [1.29, 1.82) is 5.26 Å². The van der Waals surface area contributed by atoms with E-state index in [-0.39, 0.29) is 5.91 Å². The van der Waals surface area contributed by atoms with Crippen LogP contribution in [0.4, 0.5) is 17.1 Å². The van der Waals surface area contributed by atoms with Gasteiger partial charge >= 0.3 is 0 Å². The molecule has 0 saturated carbocycles. The van der Waals surface area contributed by atoms with E-state index in [1.54, 1.807) is 36.5 Å². The zero-order valence-electron chi connectivity index (χ0n) is 15.5. The van der Waals surface area contributed by atoms with Gasteiger partial charge in [-0.05, 0) is 62.2 Å². The molecule has 1 amide bonds. The lowest BCUT2D eigenvalue weighted by Gasteiger charge is -2.14. The second-order valence-corrected chi connectivity index (χ2v) is 6.48. The number of aryl methyl sites for hydroxylation is 3. The summed E-state index contributed by atoms with van der Waals surface area (Å²) in [6, 6.07) is 16.6. The summed E-state index contributed by atoms with van der Waals surface area (Å²) in [5.74, 6) is -0.328. The summed E-state index contributed by atoms with van der Waals surface area (Å²) in [5.41, 5.74) is 6.66. The third-order valence-corrected chi connectivity index (χ3v) is 4.19. The number of rotatable bonds is 4. The number of carbonyl (C=O) groups excluding carboxylic acids is 1. The highest BCUT2D eigenvalue weighted by molar-refractivity contribution is 6.03. The molecule has 3 rings (SSSR count). The molecule has 1 aromatic heterocycles. The predicted molar refractivity (Wildman–Crippen MR) is 107 cm³/mol. The monoisotopic (exact) mass is 356 g/mol. The summed E-state index contributed by atoms with van der Waals surface area (Å²) >= 11 is 0. The van der Waals surface area contributed by atoms with Gasteiger partial charge in [-0.2, -0.15) is 5.26 Å². The molecule has 0 bridgehead atoms. The third kappa shape index (κ3) is 4.31. The Bertz CT molecular complexity index is 1030. The highest BCUT2D eigenvalue weighted by atomic mass is 16.1. The van der Waals surface area contributed by atoms with Gasteiger partial charge in [0.2, 0.25) is 0 Å². The molecular weight excluding hydrogens is 336 g/mol. The molecule has 0 aliphatic rings. The standard InChI is InChI=1S/C22H20N4O/c1-14-9-15(2)21(16(3)10-14)25-19-7-8-24-20(12-19)22(27)26-18-6-4-5-17(11-18)13-23/h4-12H,1-3H3,(H,24,25)(H,26,27). The first-order valence-corrected chi connectivity index (χ1v) is 8.58. The van der Waals surface area contributed by atoms with E-state index in [0.717, 1.165) is 22.5 Å². The number of hydrogen-bond donors (Lipinski definition) is 2. The molecule has 5 heteroatoms. The zero-order valence-corrected chi connectivity index (χ0v) is 15.5. The molecule has 0 saturated heterocycles. The Morgan fingerprint density at radius 2 is 1.74 bits per heavy atom. The second-order valence-electron chi connectivity index (χ2n) is 6.48. The number of nitrogens with zero attached hydrogens (tertiary/aromatic N) is 2. The molecule has 27 heavy (non-hydrogen) atoms. The summed E-state index contributed by atoms with van der Waals surface area (Å²) in [6.07, 6.45) is 1.60. The van der Waals surface area contributed by atoms with Gasteiger partial charge in [-0.25, -0.2) is 0 Å². The Balaban J connectivity index is 1.81. The van der Waals surface area contributed by atoms with Crippen molar-refractivity contribution in [1.82, 2.24) is 4.98 Å². The smallest absolute Gasteiger partial charge is 0.274 e. The van der Waals surface area contributed by atoms with Gasteiger partial charge in [-0.1, -0.05) is 23.8 Å². The van der Waals surface area contributed by atoms with Gasteiger partial charge in [0.1, 0.15) is 5.69 Å². The van der Waals surface area contributed by atoms with Gasteiger partial charge in [-0.3, -0.25) is 9.78 Å². The molecule has 2 N–H and O–H groups in total. The fraction of sp³-hybridized carbons (Fsp3) is 0.136. The zero-order chi connectivity index (χ0) is 19.4. The second kappa shape index (κ2) is 7.71. The lowest BCUT2D eigenvalue weighted by Crippen LogP contribution is -2.14. The van der Waals surface area contributed by atoms with E-state index >= 15 is 0 Å². The highest BCUT2D eigenvalue weighted by Crippen LogP contribution is 2.26. The van der Waals surface area contributed by atoms with Crippen LogP contribution in [-0.2, 0) is 0 Å². The van der Waals surface area contributed by atoms with E-state index in [0.29, 0.717) is 16.9 Å². The van der Waals surface area contributed by atoms with Crippen molar-refractivity contribution in [2.24, 2.45) is 0 Å². The van der Waals surface area contributed by atoms with E-state index in [9.17, 15) is 4.79 Å². The lowest BCUT2D eigenvalue weighted by atomic mass is 10.0. The van der Waals surface area contributed by atoms with Crippen LogP contribution >= 0.6 is 0 Å². The molecule has 0 aliphatic carbocycles. The van der Waals surface area contributed by atoms with Crippen LogP contribution in [-0.4, -0.2) is 10.9 Å². The fourth-order valence-corrected chi connectivity index (χ4v) is 3.02. The summed E-state index contributed by atoms with van der Waals surface area (Å²) in [4.78, 5) is 16.7. The molecule has 134 valence electrons. The SMILES string of the molecule is Cc1cc(C)c(Nc2ccnc(C(=O)Nc3cccc(C#N)c3)c2)c(C)c1. The molecular formula is C22H20N4O. The maximum atomic E-state index is 12.5. The number of aromatic nitrogens is 1. The molecule has 0 unspecified atom stereocenters. The summed E-state index contributed by atoms with van der Waals surface area (Å²) in [6.45, 7) is 6.18. The Kier molecular flexibility index (Phi) is 5.18. The van der Waals surface area contributed by atoms with Crippen molar-refractivity contribution >= 4 is 23.0 Å². The van der Waals surface area contributed by atoms with Crippen molar-refractivity contribution in [2.45, 2.75) is 20.8 Å². The average Bonchev–Trinajstić information content (AvgIpc) is 2.65. The van der Waals surface area contributed by atoms with Crippen LogP contribution in [0.25, 0.3) is 0 Å². The number of benzene rings is 2. The Morgan fingerprint density at radius 1 is 1.00 bits per heavy atom. The molecule has 5 nitrogen and oxygen atoms in total. The summed E-state index contributed by atoms with van der Waals surface area (Å²) in [5, 5.41) is 15.1. The van der Waals surface area contributed by atoms with E-state index in [2.05, 4.69) is 54.6 Å². The minimum absolute atomic E-state index is 0.296. The minimum atomic E-state index is -0.328. The molecule has 0 radical (unpaired) electrons. The number of pyridine rings is 1. The number of anilines is 3. The maximum Gasteiger partial charge on any atom is 0.274 e. The van der Waals surface area contributed by atoms with E-state index in [1.807, 2.05) is 6.07 Å². The first-order chi connectivity index (χ1) is 13.0. The fourth-order valence-electron chi connectivity index (χ4n) is 3.02. The summed E-state index contributed by atoms with van der Waals surface area (Å²) < 4.78 is 0. The maximum absolute atomic E-state index is 12.5. The van der Waals surface area contributed by atoms with Gasteiger partial charge < -0.3 is 10.6 Å². The largest absolute Gasteiger partial charge is 0.355 e. The van der Waals surface area contributed by atoms with Crippen molar-refractivity contribution in [3.8, 4) is 6.07 Å². The molecule has 0 fully saturated rings. The normalized spacial score (nSPS) is 10.1. The van der Waals surface area contributed by atoms with E-state index in [1.165, 1.54) is 5.56 Å². The van der Waals surface area contributed by atoms with Crippen molar-refractivity contribution < 1.29 is 4.79 Å². The van der Waals surface area contributed by atoms with Crippen LogP contribution in [0.5, 0.6) is 0 Å². The first-order valence-electron chi connectivity index (χ1n) is 8.58. The molecule has 3 aromatic rings. The van der Waals surface area contributed by atoms with Crippen LogP contribution in [0.3, 0.4) is 0 Å². The minimum Gasteiger partial charge on any atom is -0.355 e. The van der Waals surface area contributed by atoms with E-state index in [4.69, 9.17) is 5.26 Å². The van der Waals surface area contributed by atoms with Crippen LogP contribution in [0.15, 0.2) is 54.7 Å². The van der Waals surface area contributed by atoms with Gasteiger partial charge in [0.05, 0.1) is 11.6 Å². The quantitative estimate of drug-likeness (QED) is 0.699. The average molecular weight is 356 g/mol. The van der Waals surface area contributed by atoms with Crippen molar-refractivity contribution in [3.63, 3.8) is 0 Å². The topological polar surface area (TPSA) is 77.8 Å². The molecule has 2 aromatic carbocycles. The predicted octanol–water partition coefficient (Wildman–Crippen LogP) is 4.87. The first kappa shape index (κ1) is 18.2. The molecule has 0 spiro atoms. The van der Waals surface area contributed by atoms with Gasteiger partial charge in [0.25, 0.3) is 5.91 Å². The third-order valence-electron chi connectivity index (χ3n) is 4.19. The van der Waals surface area contributed by atoms with Gasteiger partial charge in [0.15, 0.2) is 0 Å². The number of carbonyl (C=O) groups is 1. The van der Waals surface area contributed by atoms with Crippen LogP contribution < -0.4 is 10.6 Å². The van der Waals surface area contributed by atoms with Crippen LogP contribution in [0.2, 0.25) is 0 Å².